The van der Waals surface area contributed by atoms with Crippen LogP contribution in [0.15, 0.2) is 24.3 Å². The molecule has 68 valence electrons. The highest BCUT2D eigenvalue weighted by Gasteiger charge is 2.13. The summed E-state index contributed by atoms with van der Waals surface area (Å²) in [6, 6.07) is 7.43. The van der Waals surface area contributed by atoms with Crippen molar-refractivity contribution in [1.29, 1.82) is 0 Å². The second-order valence-electron chi connectivity index (χ2n) is 2.86. The Morgan fingerprint density at radius 1 is 1.43 bits per heavy atom. The molecule has 0 aliphatic rings. The normalized spacial score (nSPS) is 10.4. The average Bonchev–Trinajstić information content (AvgIpc) is 2.56. The zero-order valence-corrected chi connectivity index (χ0v) is 8.44. The van der Waals surface area contributed by atoms with Crippen molar-refractivity contribution >= 4 is 39.6 Å². The fourth-order valence-corrected chi connectivity index (χ4v) is 1.50. The molecule has 1 aromatic carbocycles. The van der Waals surface area contributed by atoms with Crippen molar-refractivity contribution in [3.05, 3.63) is 30.0 Å². The molecule has 1 unspecified atom stereocenters. The summed E-state index contributed by atoms with van der Waals surface area (Å²) in [5.74, 6) is -0.483. The Balaban J connectivity index is 2.68. The molecular weight excluding hydrogens is 196 g/mol. The van der Waals surface area contributed by atoms with Gasteiger partial charge in [0.05, 0.1) is 9.47 Å². The van der Waals surface area contributed by atoms with Crippen LogP contribution in [0, 0.1) is 0 Å². The smallest absolute Gasteiger partial charge is 0.356 e. The molecule has 1 atom stereocenters. The fourth-order valence-electron chi connectivity index (χ4n) is 1.38. The summed E-state index contributed by atoms with van der Waals surface area (Å²) in [4.78, 5) is 14.2. The van der Waals surface area contributed by atoms with E-state index in [9.17, 15) is 4.79 Å². The Morgan fingerprint density at radius 3 is 2.79 bits per heavy atom. The largest absolute Gasteiger partial charge is 0.447 e. The van der Waals surface area contributed by atoms with E-state index in [4.69, 9.17) is 7.85 Å². The minimum Gasteiger partial charge on any atom is -0.447 e. The Morgan fingerprint density at radius 2 is 2.14 bits per heavy atom. The molecule has 0 aliphatic carbocycles. The van der Waals surface area contributed by atoms with Crippen molar-refractivity contribution in [2.45, 2.75) is 0 Å². The molecule has 0 saturated heterocycles. The number of fused-ring (bicyclic) bond motifs is 1. The second-order valence-corrected chi connectivity index (χ2v) is 3.10. The first-order valence-corrected chi connectivity index (χ1v) is 4.48. The van der Waals surface area contributed by atoms with Crippen molar-refractivity contribution < 1.29 is 9.32 Å². The molecule has 0 aliphatic heterocycles. The molecule has 2 rings (SSSR count). The third kappa shape index (κ3) is 1.32. The molecule has 0 amide bonds. The van der Waals surface area contributed by atoms with E-state index in [1.165, 1.54) is 0 Å². The molecule has 1 aromatic heterocycles. The molecule has 0 fully saturated rings. The fraction of sp³-hybridized carbons (Fsp3) is 0. The first kappa shape index (κ1) is 9.29. The summed E-state index contributed by atoms with van der Waals surface area (Å²) in [7, 11) is 7.67. The van der Waals surface area contributed by atoms with Gasteiger partial charge in [-0.1, -0.05) is 23.7 Å². The quantitative estimate of drug-likeness (QED) is 0.552. The van der Waals surface area contributed by atoms with Crippen LogP contribution < -0.4 is 5.46 Å². The molecule has 2 radical (unpaired) electrons. The lowest BCUT2D eigenvalue weighted by atomic mass is 9.92. The molecule has 3 nitrogen and oxygen atoms in total. The summed E-state index contributed by atoms with van der Waals surface area (Å²) < 4.78 is 4.51. The zero-order valence-electron chi connectivity index (χ0n) is 7.28. The van der Waals surface area contributed by atoms with Crippen LogP contribution in [-0.4, -0.2) is 18.8 Å². The number of carbonyl (C=O) groups excluding carboxylic acids is 1. The molecule has 14 heavy (non-hydrogen) atoms. The number of benzene rings is 1. The number of rotatable bonds is 1. The molecule has 0 spiro atoms. The number of aromatic nitrogens is 1. The maximum absolute atomic E-state index is 11.2. The van der Waals surface area contributed by atoms with E-state index in [-0.39, 0.29) is 0 Å². The minimum absolute atomic E-state index is 0.293. The van der Waals surface area contributed by atoms with E-state index in [1.807, 2.05) is 33.7 Å². The lowest BCUT2D eigenvalue weighted by Gasteiger charge is -1.95. The van der Waals surface area contributed by atoms with Crippen LogP contribution >= 0.6 is 9.47 Å². The number of hydrogen-bond acceptors (Lipinski definition) is 2. The van der Waals surface area contributed by atoms with Gasteiger partial charge in [0, 0.05) is 5.52 Å². The molecule has 1 N–H and O–H groups in total. The highest BCUT2D eigenvalue weighted by atomic mass is 31.0. The number of aromatic amines is 1. The lowest BCUT2D eigenvalue weighted by Crippen LogP contribution is -2.13. The van der Waals surface area contributed by atoms with Gasteiger partial charge >= 0.3 is 5.97 Å². The lowest BCUT2D eigenvalue weighted by molar-refractivity contribution is 0.0762. The first-order valence-electron chi connectivity index (χ1n) is 4.01. The summed E-state index contributed by atoms with van der Waals surface area (Å²) in [6.07, 6.45) is 0. The van der Waals surface area contributed by atoms with Gasteiger partial charge in [-0.3, -0.25) is 0 Å². The van der Waals surface area contributed by atoms with Gasteiger partial charge in [-0.2, -0.15) is 0 Å². The number of nitrogens with one attached hydrogen (secondary N) is 1. The predicted molar refractivity (Wildman–Crippen MR) is 58.8 cm³/mol. The van der Waals surface area contributed by atoms with Crippen LogP contribution in [-0.2, 0) is 4.52 Å². The van der Waals surface area contributed by atoms with Crippen LogP contribution in [0.2, 0.25) is 0 Å². The average molecular weight is 203 g/mol. The highest BCUT2D eigenvalue weighted by Crippen LogP contribution is 2.12. The van der Waals surface area contributed by atoms with Crippen LogP contribution in [0.5, 0.6) is 0 Å². The van der Waals surface area contributed by atoms with E-state index >= 15 is 0 Å². The number of para-hydroxylation sites is 1. The van der Waals surface area contributed by atoms with Crippen molar-refractivity contribution in [3.63, 3.8) is 0 Å². The second kappa shape index (κ2) is 3.47. The van der Waals surface area contributed by atoms with Crippen LogP contribution in [0.3, 0.4) is 0 Å². The van der Waals surface area contributed by atoms with E-state index in [2.05, 4.69) is 9.51 Å². The topological polar surface area (TPSA) is 42.1 Å². The Labute approximate surface area is 84.5 Å². The molecule has 1 heterocycles. The van der Waals surface area contributed by atoms with Gasteiger partial charge in [0.1, 0.15) is 13.5 Å². The van der Waals surface area contributed by atoms with Crippen molar-refractivity contribution in [2.24, 2.45) is 0 Å². The summed E-state index contributed by atoms with van der Waals surface area (Å²) >= 11 is 0. The SMILES string of the molecule is [B]c1c(C(=O)OP)[nH]c2ccccc12. The summed E-state index contributed by atoms with van der Waals surface area (Å²) in [6.45, 7) is 0. The van der Waals surface area contributed by atoms with Gasteiger partial charge in [0.2, 0.25) is 0 Å². The molecule has 0 bridgehead atoms. The monoisotopic (exact) mass is 203 g/mol. The molecule has 0 saturated carbocycles. The Kier molecular flexibility index (Phi) is 2.30. The van der Waals surface area contributed by atoms with E-state index in [0.29, 0.717) is 11.2 Å². The number of H-pyrrole nitrogens is 1. The van der Waals surface area contributed by atoms with E-state index in [0.717, 1.165) is 10.9 Å². The Hall–Kier alpha value is -1.28. The van der Waals surface area contributed by atoms with Crippen LogP contribution in [0.25, 0.3) is 10.9 Å². The van der Waals surface area contributed by atoms with Crippen molar-refractivity contribution in [3.8, 4) is 0 Å². The number of hydrogen-bond donors (Lipinski definition) is 1. The van der Waals surface area contributed by atoms with Gasteiger partial charge in [0.25, 0.3) is 0 Å². The van der Waals surface area contributed by atoms with E-state index < -0.39 is 5.97 Å². The summed E-state index contributed by atoms with van der Waals surface area (Å²) in [5.41, 5.74) is 1.55. The van der Waals surface area contributed by atoms with Gasteiger partial charge < -0.3 is 9.51 Å². The van der Waals surface area contributed by atoms with Crippen LogP contribution in [0.4, 0.5) is 0 Å². The first-order chi connectivity index (χ1) is 6.74. The Bertz CT molecular complexity index is 495. The standard InChI is InChI=1S/C9H7BNO2P/c10-7-5-3-1-2-4-6(5)11-8(7)9(12)13-14/h1-4,11H,14H2. The third-order valence-electron chi connectivity index (χ3n) is 2.06. The van der Waals surface area contributed by atoms with Crippen molar-refractivity contribution in [1.82, 2.24) is 4.98 Å². The van der Waals surface area contributed by atoms with Gasteiger partial charge in [0.15, 0.2) is 0 Å². The zero-order chi connectivity index (χ0) is 10.1. The van der Waals surface area contributed by atoms with Crippen LogP contribution in [0.1, 0.15) is 10.5 Å². The third-order valence-corrected chi connectivity index (χ3v) is 2.27. The molecular formula is C9H7BNO2P. The molecule has 5 heteroatoms. The maximum atomic E-state index is 11.2. The predicted octanol–water partition coefficient (Wildman–Crippen LogP) is 0.909. The highest BCUT2D eigenvalue weighted by molar-refractivity contribution is 7.10. The molecule has 2 aromatic rings. The van der Waals surface area contributed by atoms with Gasteiger partial charge in [-0.15, -0.1) is 0 Å². The van der Waals surface area contributed by atoms with E-state index in [1.54, 1.807) is 0 Å². The summed E-state index contributed by atoms with van der Waals surface area (Å²) in [5, 5.41) is 0.831. The number of carbonyl (C=O) groups is 1. The van der Waals surface area contributed by atoms with Gasteiger partial charge in [-0.05, 0) is 11.5 Å². The minimum atomic E-state index is -0.483. The van der Waals surface area contributed by atoms with Gasteiger partial charge in [-0.25, -0.2) is 4.79 Å². The van der Waals surface area contributed by atoms with Crippen molar-refractivity contribution in [2.75, 3.05) is 0 Å². The maximum Gasteiger partial charge on any atom is 0.356 e.